The maximum Gasteiger partial charge on any atom is 0.315 e. The van der Waals surface area contributed by atoms with E-state index in [0.717, 1.165) is 24.5 Å². The Morgan fingerprint density at radius 2 is 2.45 bits per heavy atom. The van der Waals surface area contributed by atoms with E-state index in [1.807, 2.05) is 5.38 Å². The van der Waals surface area contributed by atoms with Crippen molar-refractivity contribution in [3.8, 4) is 0 Å². The van der Waals surface area contributed by atoms with Crippen molar-refractivity contribution in [3.05, 3.63) is 16.6 Å². The van der Waals surface area contributed by atoms with Crippen LogP contribution >= 0.6 is 11.3 Å². The molecule has 1 saturated heterocycles. The van der Waals surface area contributed by atoms with E-state index in [9.17, 15) is 4.79 Å². The van der Waals surface area contributed by atoms with Gasteiger partial charge in [-0.1, -0.05) is 13.3 Å². The number of ether oxygens (including phenoxy) is 1. The van der Waals surface area contributed by atoms with Gasteiger partial charge < -0.3 is 15.4 Å². The molecule has 3 aliphatic rings. The van der Waals surface area contributed by atoms with Gasteiger partial charge in [-0.3, -0.25) is 0 Å². The summed E-state index contributed by atoms with van der Waals surface area (Å²) < 4.78 is 5.90. The molecule has 4 atom stereocenters. The van der Waals surface area contributed by atoms with Gasteiger partial charge in [-0.2, -0.15) is 0 Å². The number of rotatable bonds is 4. The Kier molecular flexibility index (Phi) is 3.61. The lowest BCUT2D eigenvalue weighted by Gasteiger charge is -2.63. The summed E-state index contributed by atoms with van der Waals surface area (Å²) in [4.78, 5) is 16.8. The third-order valence-electron chi connectivity index (χ3n) is 5.79. The smallest absolute Gasteiger partial charge is 0.315 e. The summed E-state index contributed by atoms with van der Waals surface area (Å²) in [5, 5.41) is 9.28. The van der Waals surface area contributed by atoms with Crippen LogP contribution in [0.4, 0.5) is 4.79 Å². The summed E-state index contributed by atoms with van der Waals surface area (Å²) >= 11 is 1.59. The van der Waals surface area contributed by atoms with Crippen molar-refractivity contribution in [2.45, 2.75) is 57.2 Å². The number of nitrogens with zero attached hydrogens (tertiary/aromatic N) is 1. The number of hydrogen-bond acceptors (Lipinski definition) is 4. The molecule has 2 amide bonds. The van der Waals surface area contributed by atoms with Crippen LogP contribution in [0.15, 0.2) is 11.6 Å². The molecule has 120 valence electrons. The van der Waals surface area contributed by atoms with Gasteiger partial charge >= 0.3 is 6.03 Å². The Labute approximate surface area is 134 Å². The van der Waals surface area contributed by atoms with Gasteiger partial charge in [0.15, 0.2) is 0 Å². The Balaban J connectivity index is 1.39. The predicted octanol–water partition coefficient (Wildman–Crippen LogP) is 2.85. The molecular weight excluding hydrogens is 298 g/mol. The zero-order valence-electron chi connectivity index (χ0n) is 12.9. The van der Waals surface area contributed by atoms with E-state index >= 15 is 0 Å². The number of amides is 2. The summed E-state index contributed by atoms with van der Waals surface area (Å²) in [5.74, 6) is 0.519. The van der Waals surface area contributed by atoms with Gasteiger partial charge in [-0.05, 0) is 25.7 Å². The first kappa shape index (κ1) is 14.5. The fourth-order valence-corrected chi connectivity index (χ4v) is 5.31. The second-order valence-corrected chi connectivity index (χ2v) is 7.68. The number of nitrogens with one attached hydrogen (secondary N) is 2. The van der Waals surface area contributed by atoms with Gasteiger partial charge in [0.05, 0.1) is 12.1 Å². The Bertz CT molecular complexity index is 544. The highest BCUT2D eigenvalue weighted by Crippen LogP contribution is 2.62. The quantitative estimate of drug-likeness (QED) is 0.896. The molecule has 0 unspecified atom stereocenters. The second-order valence-electron chi connectivity index (χ2n) is 6.76. The highest BCUT2D eigenvalue weighted by molar-refractivity contribution is 7.09. The fourth-order valence-electron chi connectivity index (χ4n) is 4.54. The summed E-state index contributed by atoms with van der Waals surface area (Å²) in [7, 11) is 0. The van der Waals surface area contributed by atoms with Gasteiger partial charge in [0, 0.05) is 35.6 Å². The van der Waals surface area contributed by atoms with Crippen LogP contribution in [0.5, 0.6) is 0 Å². The molecule has 2 aliphatic carbocycles. The maximum absolute atomic E-state index is 12.4. The van der Waals surface area contributed by atoms with E-state index < -0.39 is 0 Å². The van der Waals surface area contributed by atoms with E-state index in [-0.39, 0.29) is 17.5 Å². The highest BCUT2D eigenvalue weighted by atomic mass is 32.1. The molecular formula is C16H23N3O2S. The highest BCUT2D eigenvalue weighted by Gasteiger charge is 2.67. The molecule has 2 heterocycles. The first-order valence-corrected chi connectivity index (χ1v) is 9.20. The maximum atomic E-state index is 12.4. The van der Waals surface area contributed by atoms with Crippen molar-refractivity contribution in [2.75, 3.05) is 6.61 Å². The van der Waals surface area contributed by atoms with Crippen LogP contribution in [0.1, 0.15) is 50.1 Å². The van der Waals surface area contributed by atoms with Crippen LogP contribution in [-0.4, -0.2) is 29.8 Å². The second kappa shape index (κ2) is 5.49. The summed E-state index contributed by atoms with van der Waals surface area (Å²) in [6.07, 6.45) is 7.78. The van der Waals surface area contributed by atoms with Gasteiger partial charge in [0.1, 0.15) is 5.01 Å². The third-order valence-corrected chi connectivity index (χ3v) is 6.67. The van der Waals surface area contributed by atoms with Crippen LogP contribution in [0.3, 0.4) is 0 Å². The van der Waals surface area contributed by atoms with E-state index in [2.05, 4.69) is 22.5 Å². The predicted molar refractivity (Wildman–Crippen MR) is 84.7 cm³/mol. The zero-order valence-corrected chi connectivity index (χ0v) is 13.7. The number of carbonyl (C=O) groups is 1. The monoisotopic (exact) mass is 321 g/mol. The lowest BCUT2D eigenvalue weighted by Crippen LogP contribution is -2.72. The average Bonchev–Trinajstić information content (AvgIpc) is 3.11. The van der Waals surface area contributed by atoms with Crippen molar-refractivity contribution in [2.24, 2.45) is 11.3 Å². The molecule has 1 aromatic heterocycles. The van der Waals surface area contributed by atoms with Crippen LogP contribution in [0, 0.1) is 11.3 Å². The lowest BCUT2D eigenvalue weighted by atomic mass is 9.46. The molecule has 1 aromatic rings. The van der Waals surface area contributed by atoms with E-state index in [0.29, 0.717) is 18.1 Å². The standard InChI is InChI=1S/C16H23N3O2S/c1-2-11(14-17-7-9-22-14)18-15(20)19-12-10-4-8-21-13(10)16(12)5-3-6-16/h7,9-13H,2-6,8H2,1H3,(H2,18,19,20)/t10-,11-,12+,13+/m0/s1. The topological polar surface area (TPSA) is 63.2 Å². The Hall–Kier alpha value is -1.14. The van der Waals surface area contributed by atoms with Gasteiger partial charge in [0.2, 0.25) is 0 Å². The van der Waals surface area contributed by atoms with Crippen molar-refractivity contribution in [1.29, 1.82) is 0 Å². The number of carbonyl (C=O) groups excluding carboxylic acids is 1. The summed E-state index contributed by atoms with van der Waals surface area (Å²) in [6.45, 7) is 2.93. The first-order valence-electron chi connectivity index (χ1n) is 8.32. The Morgan fingerprint density at radius 1 is 1.59 bits per heavy atom. The molecule has 1 aliphatic heterocycles. The fraction of sp³-hybridized carbons (Fsp3) is 0.750. The average molecular weight is 321 g/mol. The molecule has 0 bridgehead atoms. The number of urea groups is 1. The molecule has 5 nitrogen and oxygen atoms in total. The molecule has 3 fully saturated rings. The minimum atomic E-state index is -0.0522. The molecule has 0 aromatic carbocycles. The minimum Gasteiger partial charge on any atom is -0.377 e. The largest absolute Gasteiger partial charge is 0.377 e. The Morgan fingerprint density at radius 3 is 3.09 bits per heavy atom. The minimum absolute atomic E-state index is 0.00745. The van der Waals surface area contributed by atoms with Crippen molar-refractivity contribution >= 4 is 17.4 Å². The number of aromatic nitrogens is 1. The summed E-state index contributed by atoms with van der Waals surface area (Å²) in [6, 6.07) is 0.249. The first-order chi connectivity index (χ1) is 10.7. The van der Waals surface area contributed by atoms with Crippen LogP contribution in [0.25, 0.3) is 0 Å². The molecule has 0 radical (unpaired) electrons. The van der Waals surface area contributed by atoms with E-state index in [1.54, 1.807) is 17.5 Å². The third kappa shape index (κ3) is 2.07. The van der Waals surface area contributed by atoms with Gasteiger partial charge in [0.25, 0.3) is 0 Å². The number of fused-ring (bicyclic) bond motifs is 2. The van der Waals surface area contributed by atoms with Crippen molar-refractivity contribution in [1.82, 2.24) is 15.6 Å². The lowest BCUT2D eigenvalue weighted by molar-refractivity contribution is -0.172. The number of hydrogen-bond donors (Lipinski definition) is 2. The van der Waals surface area contributed by atoms with E-state index in [1.165, 1.54) is 19.3 Å². The summed E-state index contributed by atoms with van der Waals surface area (Å²) in [5.41, 5.74) is 0.237. The molecule has 6 heteroatoms. The number of thiazole rings is 1. The van der Waals surface area contributed by atoms with Gasteiger partial charge in [-0.25, -0.2) is 9.78 Å². The van der Waals surface area contributed by atoms with Crippen LogP contribution < -0.4 is 10.6 Å². The van der Waals surface area contributed by atoms with Crippen LogP contribution in [-0.2, 0) is 4.74 Å². The normalized spacial score (nSPS) is 32.7. The molecule has 22 heavy (non-hydrogen) atoms. The van der Waals surface area contributed by atoms with Gasteiger partial charge in [-0.15, -0.1) is 11.3 Å². The van der Waals surface area contributed by atoms with E-state index in [4.69, 9.17) is 4.74 Å². The SMILES string of the molecule is CC[C@H](NC(=O)N[C@@H]1[C@@H]2CCO[C@H]2C12CCC2)c1nccs1. The molecule has 1 spiro atoms. The molecule has 2 N–H and O–H groups in total. The van der Waals surface area contributed by atoms with Crippen molar-refractivity contribution < 1.29 is 9.53 Å². The molecule has 4 rings (SSSR count). The zero-order chi connectivity index (χ0) is 15.2. The molecule has 2 saturated carbocycles. The van der Waals surface area contributed by atoms with Crippen LogP contribution in [0.2, 0.25) is 0 Å². The van der Waals surface area contributed by atoms with Crippen molar-refractivity contribution in [3.63, 3.8) is 0 Å².